The van der Waals surface area contributed by atoms with Gasteiger partial charge in [-0.2, -0.15) is 0 Å². The zero-order chi connectivity index (χ0) is 18.3. The second-order valence-corrected chi connectivity index (χ2v) is 6.90. The number of carbonyl (C=O) groups is 1. The quantitative estimate of drug-likeness (QED) is 0.458. The first-order valence-corrected chi connectivity index (χ1v) is 8.88. The van der Waals surface area contributed by atoms with Crippen molar-refractivity contribution in [2.24, 2.45) is 5.16 Å². The first-order chi connectivity index (χ1) is 12.5. The second kappa shape index (κ2) is 6.67. The van der Waals surface area contributed by atoms with Crippen LogP contribution in [-0.4, -0.2) is 16.4 Å². The number of fused-ring (bicyclic) bond motifs is 3. The monoisotopic (exact) mass is 387 g/mol. The number of para-hydroxylation sites is 1. The SMILES string of the molecule is Cc1c2n(c3ccccc13)CC/C2=N\OC(=O)Nc1ccc(Cl)cc1Cl. The maximum absolute atomic E-state index is 12.0. The number of aromatic nitrogens is 1. The lowest BCUT2D eigenvalue weighted by molar-refractivity contribution is 0.166. The molecule has 0 saturated heterocycles. The summed E-state index contributed by atoms with van der Waals surface area (Å²) in [5.74, 6) is 0. The highest BCUT2D eigenvalue weighted by Crippen LogP contribution is 2.31. The molecule has 0 unspecified atom stereocenters. The van der Waals surface area contributed by atoms with Crippen molar-refractivity contribution in [2.75, 3.05) is 5.32 Å². The van der Waals surface area contributed by atoms with E-state index in [2.05, 4.69) is 34.1 Å². The van der Waals surface area contributed by atoms with Crippen molar-refractivity contribution < 1.29 is 9.63 Å². The van der Waals surface area contributed by atoms with Gasteiger partial charge in [0.15, 0.2) is 0 Å². The average Bonchev–Trinajstić information content (AvgIpc) is 3.16. The summed E-state index contributed by atoms with van der Waals surface area (Å²) in [6.07, 6.45) is 0.0182. The lowest BCUT2D eigenvalue weighted by Gasteiger charge is -2.06. The highest BCUT2D eigenvalue weighted by atomic mass is 35.5. The fourth-order valence-electron chi connectivity index (χ4n) is 3.33. The number of hydrogen-bond donors (Lipinski definition) is 1. The molecule has 1 aromatic heterocycles. The van der Waals surface area contributed by atoms with Crippen LogP contribution in [0.2, 0.25) is 10.0 Å². The van der Waals surface area contributed by atoms with Gasteiger partial charge in [-0.05, 0) is 36.8 Å². The number of amides is 1. The molecule has 4 rings (SSSR count). The molecule has 5 nitrogen and oxygen atoms in total. The smallest absolute Gasteiger partial charge is 0.339 e. The Morgan fingerprint density at radius 1 is 1.23 bits per heavy atom. The summed E-state index contributed by atoms with van der Waals surface area (Å²) in [5, 5.41) is 8.65. The third-order valence-corrected chi connectivity index (χ3v) is 5.02. The van der Waals surface area contributed by atoms with Gasteiger partial charge in [-0.15, -0.1) is 0 Å². The second-order valence-electron chi connectivity index (χ2n) is 6.06. The summed E-state index contributed by atoms with van der Waals surface area (Å²) >= 11 is 11.9. The highest BCUT2D eigenvalue weighted by molar-refractivity contribution is 6.36. The van der Waals surface area contributed by atoms with Crippen molar-refractivity contribution in [3.05, 3.63) is 63.8 Å². The average molecular weight is 388 g/mol. The summed E-state index contributed by atoms with van der Waals surface area (Å²) < 4.78 is 2.21. The van der Waals surface area contributed by atoms with Crippen LogP contribution in [-0.2, 0) is 11.4 Å². The molecular formula is C19H15Cl2N3O2. The Bertz CT molecular complexity index is 1060. The van der Waals surface area contributed by atoms with Crippen LogP contribution in [0, 0.1) is 6.92 Å². The van der Waals surface area contributed by atoms with Gasteiger partial charge in [-0.1, -0.05) is 46.6 Å². The van der Waals surface area contributed by atoms with Gasteiger partial charge in [-0.25, -0.2) is 4.79 Å². The van der Waals surface area contributed by atoms with E-state index < -0.39 is 6.09 Å². The van der Waals surface area contributed by atoms with Crippen LogP contribution in [0.15, 0.2) is 47.6 Å². The summed E-state index contributed by atoms with van der Waals surface area (Å²) in [4.78, 5) is 17.1. The predicted molar refractivity (Wildman–Crippen MR) is 104 cm³/mol. The molecule has 2 aromatic carbocycles. The number of rotatable bonds is 2. The molecular weight excluding hydrogens is 373 g/mol. The van der Waals surface area contributed by atoms with Gasteiger partial charge in [-0.3, -0.25) is 10.2 Å². The molecule has 1 aliphatic heterocycles. The van der Waals surface area contributed by atoms with Crippen molar-refractivity contribution in [3.63, 3.8) is 0 Å². The Morgan fingerprint density at radius 3 is 2.85 bits per heavy atom. The molecule has 132 valence electrons. The molecule has 2 heterocycles. The third-order valence-electron chi connectivity index (χ3n) is 4.48. The van der Waals surface area contributed by atoms with E-state index in [9.17, 15) is 4.79 Å². The van der Waals surface area contributed by atoms with E-state index in [1.807, 2.05) is 12.1 Å². The van der Waals surface area contributed by atoms with E-state index in [1.165, 1.54) is 10.9 Å². The molecule has 1 N–H and O–H groups in total. The zero-order valence-corrected chi connectivity index (χ0v) is 15.4. The van der Waals surface area contributed by atoms with Gasteiger partial charge in [0.2, 0.25) is 0 Å². The molecule has 0 saturated carbocycles. The summed E-state index contributed by atoms with van der Waals surface area (Å²) in [7, 11) is 0. The molecule has 0 bridgehead atoms. The maximum Gasteiger partial charge on any atom is 0.437 e. The molecule has 7 heteroatoms. The van der Waals surface area contributed by atoms with E-state index in [4.69, 9.17) is 28.0 Å². The van der Waals surface area contributed by atoms with Crippen LogP contribution in [0.5, 0.6) is 0 Å². The van der Waals surface area contributed by atoms with Crippen LogP contribution in [0.3, 0.4) is 0 Å². The number of halogens is 2. The van der Waals surface area contributed by atoms with Gasteiger partial charge in [0, 0.05) is 28.9 Å². The summed E-state index contributed by atoms with van der Waals surface area (Å²) in [6.45, 7) is 2.87. The maximum atomic E-state index is 12.0. The van der Waals surface area contributed by atoms with E-state index in [0.29, 0.717) is 15.7 Å². The minimum absolute atomic E-state index is 0.332. The van der Waals surface area contributed by atoms with Gasteiger partial charge >= 0.3 is 6.09 Å². The predicted octanol–water partition coefficient (Wildman–Crippen LogP) is 5.61. The molecule has 3 aromatic rings. The third kappa shape index (κ3) is 2.93. The molecule has 0 aliphatic carbocycles. The normalized spacial score (nSPS) is 14.7. The minimum atomic E-state index is -0.700. The topological polar surface area (TPSA) is 55.6 Å². The number of aryl methyl sites for hydroxylation is 2. The molecule has 1 amide bonds. The van der Waals surface area contributed by atoms with Crippen LogP contribution < -0.4 is 5.32 Å². The molecule has 0 spiro atoms. The van der Waals surface area contributed by atoms with Crippen molar-refractivity contribution in [2.45, 2.75) is 19.9 Å². The Labute approximate surface area is 160 Å². The number of nitrogens with one attached hydrogen (secondary N) is 1. The molecule has 0 radical (unpaired) electrons. The van der Waals surface area contributed by atoms with E-state index in [-0.39, 0.29) is 0 Å². The Morgan fingerprint density at radius 2 is 2.04 bits per heavy atom. The van der Waals surface area contributed by atoms with Gasteiger partial charge < -0.3 is 4.57 Å². The Kier molecular flexibility index (Phi) is 4.34. The Hall–Kier alpha value is -2.50. The van der Waals surface area contributed by atoms with Gasteiger partial charge in [0.05, 0.1) is 16.4 Å². The Balaban J connectivity index is 1.55. The van der Waals surface area contributed by atoms with E-state index in [1.54, 1.807) is 18.2 Å². The number of carbonyl (C=O) groups excluding carboxylic acids is 1. The zero-order valence-electron chi connectivity index (χ0n) is 13.9. The number of benzene rings is 2. The van der Waals surface area contributed by atoms with Crippen LogP contribution in [0.25, 0.3) is 10.9 Å². The van der Waals surface area contributed by atoms with Crippen molar-refractivity contribution in [1.82, 2.24) is 4.57 Å². The van der Waals surface area contributed by atoms with Crippen molar-refractivity contribution in [3.8, 4) is 0 Å². The largest absolute Gasteiger partial charge is 0.437 e. The lowest BCUT2D eigenvalue weighted by atomic mass is 10.1. The van der Waals surface area contributed by atoms with Crippen LogP contribution >= 0.6 is 23.2 Å². The summed E-state index contributed by atoms with van der Waals surface area (Å²) in [6, 6.07) is 13.0. The van der Waals surface area contributed by atoms with Gasteiger partial charge in [0.1, 0.15) is 5.71 Å². The van der Waals surface area contributed by atoms with Crippen molar-refractivity contribution >= 4 is 51.6 Å². The molecule has 26 heavy (non-hydrogen) atoms. The van der Waals surface area contributed by atoms with Crippen LogP contribution in [0.1, 0.15) is 17.7 Å². The minimum Gasteiger partial charge on any atom is -0.339 e. The standard InChI is InChI=1S/C19H15Cl2N3O2/c1-11-13-4-2-3-5-17(13)24-9-8-16(18(11)24)23-26-19(25)22-15-7-6-12(20)10-14(15)21/h2-7,10H,8-9H2,1H3,(H,22,25)/b23-16+. The highest BCUT2D eigenvalue weighted by Gasteiger charge is 2.25. The number of hydrogen-bond acceptors (Lipinski definition) is 3. The fourth-order valence-corrected chi connectivity index (χ4v) is 3.78. The molecule has 0 fully saturated rings. The number of nitrogens with zero attached hydrogens (tertiary/aromatic N) is 2. The van der Waals surface area contributed by atoms with Crippen LogP contribution in [0.4, 0.5) is 10.5 Å². The number of anilines is 1. The van der Waals surface area contributed by atoms with E-state index in [0.717, 1.165) is 29.9 Å². The van der Waals surface area contributed by atoms with Crippen molar-refractivity contribution in [1.29, 1.82) is 0 Å². The fraction of sp³-hybridized carbons (Fsp3) is 0.158. The first-order valence-electron chi connectivity index (χ1n) is 8.12. The molecule has 1 aliphatic rings. The van der Waals surface area contributed by atoms with E-state index >= 15 is 0 Å². The molecule has 0 atom stereocenters. The van der Waals surface area contributed by atoms with Gasteiger partial charge in [0.25, 0.3) is 0 Å². The summed E-state index contributed by atoms with van der Waals surface area (Å²) in [5.41, 5.74) is 4.50. The first kappa shape index (κ1) is 16.9. The lowest BCUT2D eigenvalue weighted by Crippen LogP contribution is -2.12. The number of oxime groups is 1.